The van der Waals surface area contributed by atoms with Crippen LogP contribution in [0.2, 0.25) is 0 Å². The standard InChI is InChI=1S/C14H26N2O/c1-13(2)11-6-7-14(13,3)12(10-11)15-17-9-8-16(4)5/h11H,6-10H2,1-5H3/b15-12+/t11-,14+/m1/s1. The van der Waals surface area contributed by atoms with E-state index in [1.165, 1.54) is 18.6 Å². The molecule has 0 N–H and O–H groups in total. The number of fused-ring (bicyclic) bond motifs is 2. The number of hydrogen-bond acceptors (Lipinski definition) is 3. The van der Waals surface area contributed by atoms with E-state index in [9.17, 15) is 0 Å². The fraction of sp³-hybridized carbons (Fsp3) is 0.929. The van der Waals surface area contributed by atoms with Crippen LogP contribution in [-0.4, -0.2) is 37.9 Å². The Hall–Kier alpha value is -0.570. The molecule has 2 bridgehead atoms. The maximum absolute atomic E-state index is 5.49. The van der Waals surface area contributed by atoms with Crippen molar-refractivity contribution in [3.05, 3.63) is 0 Å². The lowest BCUT2D eigenvalue weighted by Crippen LogP contribution is -2.32. The minimum atomic E-state index is 0.274. The Morgan fingerprint density at radius 2 is 2.06 bits per heavy atom. The van der Waals surface area contributed by atoms with Gasteiger partial charge in [0.1, 0.15) is 6.61 Å². The fourth-order valence-corrected chi connectivity index (χ4v) is 3.41. The maximum atomic E-state index is 5.49. The molecule has 0 saturated heterocycles. The highest BCUT2D eigenvalue weighted by Crippen LogP contribution is 2.63. The minimum absolute atomic E-state index is 0.274. The lowest BCUT2D eigenvalue weighted by molar-refractivity contribution is 0.120. The molecule has 3 nitrogen and oxygen atoms in total. The molecule has 2 saturated carbocycles. The van der Waals surface area contributed by atoms with E-state index < -0.39 is 0 Å². The van der Waals surface area contributed by atoms with Crippen molar-refractivity contribution in [3.63, 3.8) is 0 Å². The molecule has 2 aliphatic carbocycles. The molecule has 0 aliphatic heterocycles. The van der Waals surface area contributed by atoms with Crippen LogP contribution in [0.1, 0.15) is 40.0 Å². The first kappa shape index (κ1) is 12.9. The molecule has 2 rings (SSSR count). The normalized spacial score (nSPS) is 37.1. The summed E-state index contributed by atoms with van der Waals surface area (Å²) in [5.41, 5.74) is 1.98. The number of likely N-dealkylation sites (N-methyl/N-ethyl adjacent to an activating group) is 1. The summed E-state index contributed by atoms with van der Waals surface area (Å²) in [6.45, 7) is 8.78. The van der Waals surface area contributed by atoms with Crippen molar-refractivity contribution in [1.82, 2.24) is 4.90 Å². The van der Waals surface area contributed by atoms with Crippen molar-refractivity contribution in [2.45, 2.75) is 40.0 Å². The van der Waals surface area contributed by atoms with Gasteiger partial charge < -0.3 is 9.74 Å². The third-order valence-electron chi connectivity index (χ3n) is 5.32. The van der Waals surface area contributed by atoms with Crippen LogP contribution in [0.15, 0.2) is 5.16 Å². The van der Waals surface area contributed by atoms with E-state index in [1.54, 1.807) is 0 Å². The van der Waals surface area contributed by atoms with Crippen molar-refractivity contribution in [3.8, 4) is 0 Å². The zero-order chi connectivity index (χ0) is 12.7. The molecule has 17 heavy (non-hydrogen) atoms. The SMILES string of the molecule is CN(C)CCO/N=C1\C[C@H]2CC[C@]1(C)C2(C)C. The molecule has 98 valence electrons. The van der Waals surface area contributed by atoms with Crippen molar-refractivity contribution < 1.29 is 4.84 Å². The van der Waals surface area contributed by atoms with Gasteiger partial charge in [0.05, 0.1) is 5.71 Å². The molecule has 0 unspecified atom stereocenters. The summed E-state index contributed by atoms with van der Waals surface area (Å²) >= 11 is 0. The predicted molar refractivity (Wildman–Crippen MR) is 71.2 cm³/mol. The first-order valence-electron chi connectivity index (χ1n) is 6.72. The molecule has 2 atom stereocenters. The van der Waals surface area contributed by atoms with Crippen molar-refractivity contribution in [1.29, 1.82) is 0 Å². The second-order valence-electron chi connectivity index (χ2n) is 6.67. The third-order valence-corrected chi connectivity index (χ3v) is 5.32. The summed E-state index contributed by atoms with van der Waals surface area (Å²) in [5, 5.41) is 4.44. The lowest BCUT2D eigenvalue weighted by Gasteiger charge is -2.34. The molecule has 0 radical (unpaired) electrons. The summed E-state index contributed by atoms with van der Waals surface area (Å²) in [6, 6.07) is 0. The minimum Gasteiger partial charge on any atom is -0.394 e. The molecule has 0 aromatic heterocycles. The van der Waals surface area contributed by atoms with Gasteiger partial charge >= 0.3 is 0 Å². The van der Waals surface area contributed by atoms with Gasteiger partial charge in [-0.25, -0.2) is 0 Å². The van der Waals surface area contributed by atoms with E-state index in [1.807, 2.05) is 0 Å². The highest BCUT2D eigenvalue weighted by molar-refractivity contribution is 5.93. The molecule has 2 aliphatic rings. The van der Waals surface area contributed by atoms with E-state index >= 15 is 0 Å². The number of hydrogen-bond donors (Lipinski definition) is 0. The van der Waals surface area contributed by atoms with E-state index in [0.29, 0.717) is 12.0 Å². The van der Waals surface area contributed by atoms with Gasteiger partial charge in [0.2, 0.25) is 0 Å². The van der Waals surface area contributed by atoms with E-state index in [4.69, 9.17) is 4.84 Å². The highest BCUT2D eigenvalue weighted by Gasteiger charge is 2.60. The van der Waals surface area contributed by atoms with E-state index in [-0.39, 0.29) is 5.41 Å². The van der Waals surface area contributed by atoms with Gasteiger partial charge in [-0.3, -0.25) is 0 Å². The highest BCUT2D eigenvalue weighted by atomic mass is 16.6. The van der Waals surface area contributed by atoms with Crippen LogP contribution >= 0.6 is 0 Å². The van der Waals surface area contributed by atoms with Crippen molar-refractivity contribution in [2.75, 3.05) is 27.2 Å². The Kier molecular flexibility index (Phi) is 3.23. The largest absolute Gasteiger partial charge is 0.394 e. The Balaban J connectivity index is 1.98. The van der Waals surface area contributed by atoms with E-state index in [2.05, 4.69) is 44.9 Å². The third kappa shape index (κ3) is 1.99. The second kappa shape index (κ2) is 4.27. The quantitative estimate of drug-likeness (QED) is 0.556. The van der Waals surface area contributed by atoms with Crippen LogP contribution in [0, 0.1) is 16.7 Å². The molecular formula is C14H26N2O. The molecule has 0 spiro atoms. The van der Waals surface area contributed by atoms with Crippen molar-refractivity contribution in [2.24, 2.45) is 21.9 Å². The summed E-state index contributed by atoms with van der Waals surface area (Å²) in [5.74, 6) is 0.809. The summed E-state index contributed by atoms with van der Waals surface area (Å²) in [7, 11) is 4.11. The van der Waals surface area contributed by atoms with Gasteiger partial charge in [-0.1, -0.05) is 25.9 Å². The average Bonchev–Trinajstić information content (AvgIpc) is 2.56. The van der Waals surface area contributed by atoms with Crippen LogP contribution in [0.5, 0.6) is 0 Å². The Bertz CT molecular complexity index is 322. The van der Waals surface area contributed by atoms with Crippen LogP contribution in [0.25, 0.3) is 0 Å². The van der Waals surface area contributed by atoms with Crippen LogP contribution < -0.4 is 0 Å². The van der Waals surface area contributed by atoms with Gasteiger partial charge in [0, 0.05) is 12.0 Å². The second-order valence-corrected chi connectivity index (χ2v) is 6.67. The van der Waals surface area contributed by atoms with Gasteiger partial charge in [0.15, 0.2) is 0 Å². The molecule has 0 aromatic rings. The van der Waals surface area contributed by atoms with Crippen molar-refractivity contribution >= 4 is 5.71 Å². The zero-order valence-electron chi connectivity index (χ0n) is 11.9. The molecule has 0 aromatic carbocycles. The number of rotatable bonds is 4. The summed E-state index contributed by atoms with van der Waals surface area (Å²) < 4.78 is 0. The number of nitrogens with zero attached hydrogens (tertiary/aromatic N) is 2. The molecule has 3 heteroatoms. The monoisotopic (exact) mass is 238 g/mol. The Morgan fingerprint density at radius 1 is 1.35 bits per heavy atom. The smallest absolute Gasteiger partial charge is 0.129 e. The van der Waals surface area contributed by atoms with Gasteiger partial charge in [-0.2, -0.15) is 0 Å². The first-order chi connectivity index (χ1) is 7.88. The summed E-state index contributed by atoms with van der Waals surface area (Å²) in [6.07, 6.45) is 3.78. The maximum Gasteiger partial charge on any atom is 0.129 e. The predicted octanol–water partition coefficient (Wildman–Crippen LogP) is 2.77. The topological polar surface area (TPSA) is 24.8 Å². The Morgan fingerprint density at radius 3 is 2.53 bits per heavy atom. The van der Waals surface area contributed by atoms with Crippen LogP contribution in [0.4, 0.5) is 0 Å². The van der Waals surface area contributed by atoms with Gasteiger partial charge in [-0.15, -0.1) is 0 Å². The zero-order valence-corrected chi connectivity index (χ0v) is 11.9. The fourth-order valence-electron chi connectivity index (χ4n) is 3.41. The lowest BCUT2D eigenvalue weighted by atomic mass is 9.70. The van der Waals surface area contributed by atoms with Crippen LogP contribution in [-0.2, 0) is 4.84 Å². The first-order valence-corrected chi connectivity index (χ1v) is 6.72. The van der Waals surface area contributed by atoms with Gasteiger partial charge in [0.25, 0.3) is 0 Å². The molecule has 2 fully saturated rings. The number of oxime groups is 1. The molecule has 0 amide bonds. The van der Waals surface area contributed by atoms with E-state index in [0.717, 1.165) is 18.9 Å². The van der Waals surface area contributed by atoms with Gasteiger partial charge in [-0.05, 0) is 44.7 Å². The summed E-state index contributed by atoms with van der Waals surface area (Å²) in [4.78, 5) is 7.60. The molecular weight excluding hydrogens is 212 g/mol. The Labute approximate surface area is 105 Å². The van der Waals surface area contributed by atoms with Crippen LogP contribution in [0.3, 0.4) is 0 Å². The molecule has 0 heterocycles. The average molecular weight is 238 g/mol.